The molecule has 1 saturated heterocycles. The van der Waals surface area contributed by atoms with Crippen molar-refractivity contribution in [3.8, 4) is 0 Å². The van der Waals surface area contributed by atoms with Crippen molar-refractivity contribution in [2.75, 3.05) is 31.2 Å². The molecule has 0 aromatic heterocycles. The Morgan fingerprint density at radius 2 is 2.00 bits per heavy atom. The first-order valence-electron chi connectivity index (χ1n) is 7.06. The summed E-state index contributed by atoms with van der Waals surface area (Å²) in [4.78, 5) is 25.9. The molecule has 1 atom stereocenters. The van der Waals surface area contributed by atoms with Gasteiger partial charge >= 0.3 is 5.97 Å². The smallest absolute Gasteiger partial charge is 0.340 e. The number of nitrogens with zero attached hydrogens (tertiary/aromatic N) is 1. The van der Waals surface area contributed by atoms with Crippen molar-refractivity contribution in [3.63, 3.8) is 0 Å². The van der Waals surface area contributed by atoms with Crippen molar-refractivity contribution in [2.45, 2.75) is 25.8 Å². The van der Waals surface area contributed by atoms with Crippen LogP contribution in [-0.4, -0.2) is 43.0 Å². The van der Waals surface area contributed by atoms with E-state index in [4.69, 9.17) is 10.5 Å². The molecule has 1 aliphatic rings. The summed E-state index contributed by atoms with van der Waals surface area (Å²) in [5.74, 6) is -0.439. The fraction of sp³-hybridized carbons (Fsp3) is 0.467. The first-order chi connectivity index (χ1) is 10.0. The molecular formula is C15H21N3O3. The van der Waals surface area contributed by atoms with Gasteiger partial charge in [0.15, 0.2) is 0 Å². The molecule has 0 bridgehead atoms. The number of hydrogen-bond donors (Lipinski definition) is 2. The highest BCUT2D eigenvalue weighted by molar-refractivity contribution is 5.97. The average Bonchev–Trinajstić information content (AvgIpc) is 3.01. The summed E-state index contributed by atoms with van der Waals surface area (Å²) in [5.41, 5.74) is 7.06. The summed E-state index contributed by atoms with van der Waals surface area (Å²) >= 11 is 0. The molecule has 1 unspecified atom stereocenters. The number of nitrogen functional groups attached to an aromatic ring is 1. The first kappa shape index (κ1) is 15.2. The molecule has 114 valence electrons. The average molecular weight is 291 g/mol. The number of rotatable bonds is 4. The Morgan fingerprint density at radius 1 is 1.33 bits per heavy atom. The minimum absolute atomic E-state index is 0.0418. The van der Waals surface area contributed by atoms with Crippen LogP contribution in [0, 0.1) is 0 Å². The third kappa shape index (κ3) is 3.45. The lowest BCUT2D eigenvalue weighted by atomic mass is 10.1. The molecule has 0 saturated carbocycles. The van der Waals surface area contributed by atoms with Gasteiger partial charge in [-0.2, -0.15) is 0 Å². The van der Waals surface area contributed by atoms with Crippen molar-refractivity contribution < 1.29 is 14.3 Å². The highest BCUT2D eigenvalue weighted by atomic mass is 16.5. The van der Waals surface area contributed by atoms with Crippen LogP contribution in [0.5, 0.6) is 0 Å². The summed E-state index contributed by atoms with van der Waals surface area (Å²) in [5, 5.41) is 3.08. The minimum Gasteiger partial charge on any atom is -0.465 e. The van der Waals surface area contributed by atoms with Gasteiger partial charge in [0.2, 0.25) is 5.91 Å². The lowest BCUT2D eigenvalue weighted by Gasteiger charge is -2.22. The molecule has 21 heavy (non-hydrogen) atoms. The van der Waals surface area contributed by atoms with E-state index in [1.54, 1.807) is 25.1 Å². The maximum absolute atomic E-state index is 12.3. The zero-order valence-corrected chi connectivity index (χ0v) is 12.4. The molecule has 0 radical (unpaired) electrons. The van der Waals surface area contributed by atoms with Crippen LogP contribution in [0.2, 0.25) is 0 Å². The number of carbonyl (C=O) groups excluding carboxylic acids is 2. The molecule has 0 aliphatic carbocycles. The molecule has 6 nitrogen and oxygen atoms in total. The van der Waals surface area contributed by atoms with Crippen LogP contribution in [0.3, 0.4) is 0 Å². The van der Waals surface area contributed by atoms with E-state index < -0.39 is 12.0 Å². The number of amides is 1. The van der Waals surface area contributed by atoms with E-state index in [-0.39, 0.29) is 5.91 Å². The molecule has 2 rings (SSSR count). The molecule has 1 aromatic carbocycles. The van der Waals surface area contributed by atoms with Crippen molar-refractivity contribution in [1.82, 2.24) is 4.90 Å². The molecule has 3 N–H and O–H groups in total. The number of methoxy groups -OCH3 is 1. The third-order valence-corrected chi connectivity index (χ3v) is 3.61. The van der Waals surface area contributed by atoms with E-state index in [0.29, 0.717) is 16.9 Å². The molecule has 1 aliphatic heterocycles. The van der Waals surface area contributed by atoms with Crippen LogP contribution in [-0.2, 0) is 9.53 Å². The zero-order chi connectivity index (χ0) is 15.4. The van der Waals surface area contributed by atoms with Gasteiger partial charge in [0.25, 0.3) is 0 Å². The zero-order valence-electron chi connectivity index (χ0n) is 12.4. The van der Waals surface area contributed by atoms with Gasteiger partial charge in [0, 0.05) is 24.5 Å². The lowest BCUT2D eigenvalue weighted by Crippen LogP contribution is -2.39. The predicted molar refractivity (Wildman–Crippen MR) is 81.1 cm³/mol. The van der Waals surface area contributed by atoms with E-state index >= 15 is 0 Å². The highest BCUT2D eigenvalue weighted by Crippen LogP contribution is 2.21. The number of nitrogens with one attached hydrogen (secondary N) is 1. The van der Waals surface area contributed by atoms with Crippen LogP contribution in [0.25, 0.3) is 0 Å². The van der Waals surface area contributed by atoms with Gasteiger partial charge < -0.3 is 20.7 Å². The van der Waals surface area contributed by atoms with Gasteiger partial charge in [-0.3, -0.25) is 4.79 Å². The molecule has 1 aromatic rings. The highest BCUT2D eigenvalue weighted by Gasteiger charge is 2.24. The van der Waals surface area contributed by atoms with Gasteiger partial charge in [0.1, 0.15) is 6.04 Å². The number of likely N-dealkylation sites (tertiary alicyclic amines) is 1. The van der Waals surface area contributed by atoms with Crippen LogP contribution < -0.4 is 11.1 Å². The van der Waals surface area contributed by atoms with E-state index in [1.807, 2.05) is 4.90 Å². The van der Waals surface area contributed by atoms with Gasteiger partial charge in [-0.1, -0.05) is 0 Å². The number of hydrogen-bond acceptors (Lipinski definition) is 5. The summed E-state index contributed by atoms with van der Waals surface area (Å²) in [6.45, 7) is 3.39. The Kier molecular flexibility index (Phi) is 4.67. The largest absolute Gasteiger partial charge is 0.465 e. The summed E-state index contributed by atoms with van der Waals surface area (Å²) < 4.78 is 4.74. The number of esters is 1. The maximum atomic E-state index is 12.3. The Balaban J connectivity index is 2.14. The normalized spacial score (nSPS) is 15.6. The van der Waals surface area contributed by atoms with Crippen LogP contribution in [0.1, 0.15) is 30.1 Å². The topological polar surface area (TPSA) is 84.7 Å². The number of carbonyl (C=O) groups is 2. The second kappa shape index (κ2) is 6.47. The fourth-order valence-electron chi connectivity index (χ4n) is 2.47. The molecular weight excluding hydrogens is 270 g/mol. The van der Waals surface area contributed by atoms with Gasteiger partial charge in [0.05, 0.1) is 12.7 Å². The summed E-state index contributed by atoms with van der Waals surface area (Å²) in [6, 6.07) is 4.51. The minimum atomic E-state index is -0.481. The van der Waals surface area contributed by atoms with Gasteiger partial charge in [-0.15, -0.1) is 0 Å². The number of anilines is 2. The van der Waals surface area contributed by atoms with Crippen LogP contribution in [0.4, 0.5) is 11.4 Å². The van der Waals surface area contributed by atoms with Crippen LogP contribution in [0.15, 0.2) is 18.2 Å². The third-order valence-electron chi connectivity index (χ3n) is 3.61. The van der Waals surface area contributed by atoms with Crippen LogP contribution >= 0.6 is 0 Å². The van der Waals surface area contributed by atoms with Crippen molar-refractivity contribution in [2.24, 2.45) is 0 Å². The van der Waals surface area contributed by atoms with Crippen molar-refractivity contribution in [3.05, 3.63) is 23.8 Å². The summed E-state index contributed by atoms with van der Waals surface area (Å²) in [6.07, 6.45) is 2.10. The number of ether oxygens (including phenoxy) is 1. The SMILES string of the molecule is COC(=O)c1cc(N)ccc1NC(C)C(=O)N1CCCC1. The lowest BCUT2D eigenvalue weighted by molar-refractivity contribution is -0.130. The Bertz CT molecular complexity index is 539. The second-order valence-corrected chi connectivity index (χ2v) is 5.20. The quantitative estimate of drug-likeness (QED) is 0.648. The molecule has 6 heteroatoms. The van der Waals surface area contributed by atoms with Gasteiger partial charge in [-0.25, -0.2) is 4.79 Å². The van der Waals surface area contributed by atoms with Crippen molar-refractivity contribution in [1.29, 1.82) is 0 Å². The Labute approximate surface area is 124 Å². The van der Waals surface area contributed by atoms with E-state index in [0.717, 1.165) is 25.9 Å². The number of nitrogens with two attached hydrogens (primary N) is 1. The first-order valence-corrected chi connectivity index (χ1v) is 7.06. The van der Waals surface area contributed by atoms with E-state index in [1.165, 1.54) is 7.11 Å². The Morgan fingerprint density at radius 3 is 2.62 bits per heavy atom. The molecule has 1 fully saturated rings. The standard InChI is InChI=1S/C15H21N3O3/c1-10(14(19)18-7-3-4-8-18)17-13-6-5-11(16)9-12(13)15(20)21-2/h5-6,9-10,17H,3-4,7-8,16H2,1-2H3. The molecule has 0 spiro atoms. The van der Waals surface area contributed by atoms with Crippen molar-refractivity contribution >= 4 is 23.3 Å². The fourth-order valence-corrected chi connectivity index (χ4v) is 2.47. The van der Waals surface area contributed by atoms with E-state index in [9.17, 15) is 9.59 Å². The molecule has 1 heterocycles. The molecule has 1 amide bonds. The second-order valence-electron chi connectivity index (χ2n) is 5.20. The number of benzene rings is 1. The monoisotopic (exact) mass is 291 g/mol. The Hall–Kier alpha value is -2.24. The summed E-state index contributed by atoms with van der Waals surface area (Å²) in [7, 11) is 1.31. The maximum Gasteiger partial charge on any atom is 0.340 e. The van der Waals surface area contributed by atoms with Gasteiger partial charge in [-0.05, 0) is 38.0 Å². The predicted octanol–water partition coefficient (Wildman–Crippen LogP) is 1.48. The van der Waals surface area contributed by atoms with E-state index in [2.05, 4.69) is 5.32 Å².